The third-order valence-corrected chi connectivity index (χ3v) is 7.98. The molecule has 3 nitrogen and oxygen atoms in total. The number of likely N-dealkylation sites (tertiary alicyclic amines) is 1. The molecule has 2 aromatic carbocycles. The first kappa shape index (κ1) is 22.4. The van der Waals surface area contributed by atoms with Crippen LogP contribution >= 0.6 is 0 Å². The number of fused-ring (bicyclic) bond motifs is 1. The maximum absolute atomic E-state index is 14.2. The number of hydrogen-bond donors (Lipinski definition) is 1. The van der Waals surface area contributed by atoms with Crippen molar-refractivity contribution in [3.8, 4) is 0 Å². The lowest BCUT2D eigenvalue weighted by Gasteiger charge is -2.42. The van der Waals surface area contributed by atoms with E-state index in [1.807, 2.05) is 6.07 Å². The molecule has 1 aliphatic heterocycles. The number of halogens is 1. The molecule has 3 aromatic rings. The van der Waals surface area contributed by atoms with Gasteiger partial charge in [0.2, 0.25) is 0 Å². The summed E-state index contributed by atoms with van der Waals surface area (Å²) in [6.45, 7) is 3.44. The van der Waals surface area contributed by atoms with E-state index in [1.54, 1.807) is 12.1 Å². The average molecular weight is 446 g/mol. The van der Waals surface area contributed by atoms with Gasteiger partial charge < -0.3 is 14.8 Å². The molecule has 33 heavy (non-hydrogen) atoms. The topological polar surface area (TPSA) is 22.3 Å². The number of likely N-dealkylation sites (N-methyl/N-ethyl adjacent to an activating group) is 1. The van der Waals surface area contributed by atoms with E-state index in [4.69, 9.17) is 0 Å². The van der Waals surface area contributed by atoms with Gasteiger partial charge in [0, 0.05) is 28.7 Å². The molecular formula is C29H36FN3. The third-order valence-electron chi connectivity index (χ3n) is 7.98. The van der Waals surface area contributed by atoms with Crippen molar-refractivity contribution in [1.82, 2.24) is 14.8 Å². The van der Waals surface area contributed by atoms with Crippen molar-refractivity contribution in [1.29, 1.82) is 0 Å². The first-order chi connectivity index (χ1) is 16.0. The van der Waals surface area contributed by atoms with Gasteiger partial charge in [0.05, 0.1) is 0 Å². The van der Waals surface area contributed by atoms with Gasteiger partial charge in [0.1, 0.15) is 5.82 Å². The van der Waals surface area contributed by atoms with Gasteiger partial charge >= 0.3 is 0 Å². The van der Waals surface area contributed by atoms with Gasteiger partial charge in [-0.3, -0.25) is 0 Å². The Morgan fingerprint density at radius 3 is 2.55 bits per heavy atom. The zero-order valence-electron chi connectivity index (χ0n) is 20.0. The van der Waals surface area contributed by atoms with E-state index in [0.29, 0.717) is 0 Å². The van der Waals surface area contributed by atoms with Crippen LogP contribution in [0.4, 0.5) is 4.39 Å². The Kier molecular flexibility index (Phi) is 6.40. The monoisotopic (exact) mass is 445 g/mol. The Hall–Kier alpha value is -2.43. The van der Waals surface area contributed by atoms with Gasteiger partial charge in [-0.2, -0.15) is 0 Å². The fourth-order valence-corrected chi connectivity index (χ4v) is 5.84. The van der Waals surface area contributed by atoms with E-state index in [1.165, 1.54) is 48.3 Å². The van der Waals surface area contributed by atoms with E-state index >= 15 is 0 Å². The number of benzene rings is 2. The molecule has 174 valence electrons. The molecular weight excluding hydrogens is 409 g/mol. The van der Waals surface area contributed by atoms with E-state index in [0.717, 1.165) is 49.6 Å². The molecule has 0 spiro atoms. The van der Waals surface area contributed by atoms with E-state index in [2.05, 4.69) is 65.3 Å². The number of aromatic nitrogens is 1. The molecule has 4 heteroatoms. The molecule has 5 rings (SSSR count). The van der Waals surface area contributed by atoms with Crippen LogP contribution in [-0.4, -0.2) is 54.1 Å². The van der Waals surface area contributed by atoms with Crippen LogP contribution < -0.4 is 0 Å². The maximum atomic E-state index is 14.2. The number of rotatable bonds is 7. The molecule has 0 saturated carbocycles. The highest BCUT2D eigenvalue weighted by Crippen LogP contribution is 2.40. The Morgan fingerprint density at radius 2 is 1.85 bits per heavy atom. The van der Waals surface area contributed by atoms with Crippen molar-refractivity contribution in [2.75, 3.05) is 33.7 Å². The van der Waals surface area contributed by atoms with Crippen molar-refractivity contribution >= 4 is 16.5 Å². The maximum Gasteiger partial charge on any atom is 0.123 e. The quantitative estimate of drug-likeness (QED) is 0.478. The van der Waals surface area contributed by atoms with Gasteiger partial charge in [0.25, 0.3) is 0 Å². The molecule has 2 aliphatic rings. The second-order valence-corrected chi connectivity index (χ2v) is 10.2. The molecule has 0 bridgehead atoms. The number of nitrogens with zero attached hydrogens (tertiary/aromatic N) is 2. The summed E-state index contributed by atoms with van der Waals surface area (Å²) in [5.41, 5.74) is 6.52. The largest absolute Gasteiger partial charge is 0.355 e. The summed E-state index contributed by atoms with van der Waals surface area (Å²) < 4.78 is 14.2. The summed E-state index contributed by atoms with van der Waals surface area (Å²) in [6, 6.07) is 16.0. The van der Waals surface area contributed by atoms with Crippen LogP contribution in [0, 0.1) is 5.82 Å². The second-order valence-electron chi connectivity index (χ2n) is 10.2. The van der Waals surface area contributed by atoms with Crippen LogP contribution in [0.5, 0.6) is 0 Å². The zero-order valence-corrected chi connectivity index (χ0v) is 20.0. The lowest BCUT2D eigenvalue weighted by atomic mass is 9.76. The Balaban J connectivity index is 1.44. The minimum Gasteiger partial charge on any atom is -0.355 e. The zero-order chi connectivity index (χ0) is 22.8. The first-order valence-corrected chi connectivity index (χ1v) is 12.5. The van der Waals surface area contributed by atoms with Crippen LogP contribution in [0.15, 0.2) is 54.6 Å². The predicted molar refractivity (Wildman–Crippen MR) is 136 cm³/mol. The van der Waals surface area contributed by atoms with Crippen molar-refractivity contribution in [2.45, 2.75) is 50.5 Å². The average Bonchev–Trinajstić information content (AvgIpc) is 3.46. The molecule has 1 aliphatic carbocycles. The summed E-state index contributed by atoms with van der Waals surface area (Å²) >= 11 is 0. The van der Waals surface area contributed by atoms with Crippen molar-refractivity contribution in [3.05, 3.63) is 77.2 Å². The van der Waals surface area contributed by atoms with Gasteiger partial charge in [-0.15, -0.1) is 0 Å². The fourth-order valence-electron chi connectivity index (χ4n) is 5.84. The normalized spacial score (nSPS) is 21.8. The van der Waals surface area contributed by atoms with Crippen LogP contribution in [-0.2, 0) is 12.8 Å². The Labute approximate surface area is 197 Å². The van der Waals surface area contributed by atoms with Gasteiger partial charge in [-0.1, -0.05) is 36.4 Å². The molecule has 1 unspecified atom stereocenters. The molecule has 2 heterocycles. The molecule has 0 radical (unpaired) electrons. The standard InChI is InChI=1S/C29H36FN3/c1-32(2)29(21-22-8-4-3-5-9-22)15-12-23(13-16-29)28-25(14-19-33-17-6-7-18-33)26-20-24(30)10-11-27(26)31-28/h3-5,8-12,20,31H,6-7,13-19,21H2,1-2H3. The molecule has 1 fully saturated rings. The van der Waals surface area contributed by atoms with Gasteiger partial charge in [0.15, 0.2) is 0 Å². The minimum atomic E-state index is -0.150. The first-order valence-electron chi connectivity index (χ1n) is 12.5. The number of H-pyrrole nitrogens is 1. The van der Waals surface area contributed by atoms with Crippen molar-refractivity contribution < 1.29 is 4.39 Å². The highest BCUT2D eigenvalue weighted by molar-refractivity contribution is 5.89. The molecule has 0 amide bonds. The van der Waals surface area contributed by atoms with Crippen LogP contribution in [0.2, 0.25) is 0 Å². The summed E-state index contributed by atoms with van der Waals surface area (Å²) in [4.78, 5) is 8.64. The highest BCUT2D eigenvalue weighted by Gasteiger charge is 2.35. The summed E-state index contributed by atoms with van der Waals surface area (Å²) in [6.07, 6.45) is 10.3. The molecule has 1 atom stereocenters. The minimum absolute atomic E-state index is 0.138. The van der Waals surface area contributed by atoms with E-state index in [-0.39, 0.29) is 11.4 Å². The van der Waals surface area contributed by atoms with Crippen LogP contribution in [0.25, 0.3) is 16.5 Å². The van der Waals surface area contributed by atoms with Gasteiger partial charge in [-0.25, -0.2) is 4.39 Å². The Bertz CT molecular complexity index is 1120. The third kappa shape index (κ3) is 4.64. The summed E-state index contributed by atoms with van der Waals surface area (Å²) in [7, 11) is 4.43. The van der Waals surface area contributed by atoms with Crippen molar-refractivity contribution in [2.24, 2.45) is 0 Å². The van der Waals surface area contributed by atoms with Crippen molar-refractivity contribution in [3.63, 3.8) is 0 Å². The number of hydrogen-bond acceptors (Lipinski definition) is 2. The second kappa shape index (κ2) is 9.44. The SMILES string of the molecule is CN(C)C1(Cc2ccccc2)CC=C(c2[nH]c3ccc(F)cc3c2CCN2CCCC2)CC1. The number of aromatic amines is 1. The predicted octanol–water partition coefficient (Wildman–Crippen LogP) is 6.06. The fraction of sp³-hybridized carbons (Fsp3) is 0.448. The van der Waals surface area contributed by atoms with Crippen LogP contribution in [0.3, 0.4) is 0 Å². The lowest BCUT2D eigenvalue weighted by molar-refractivity contribution is 0.138. The van der Waals surface area contributed by atoms with E-state index in [9.17, 15) is 4.39 Å². The number of nitrogens with one attached hydrogen (secondary N) is 1. The Morgan fingerprint density at radius 1 is 1.06 bits per heavy atom. The molecule has 1 aromatic heterocycles. The summed E-state index contributed by atoms with van der Waals surface area (Å²) in [5.74, 6) is -0.150. The lowest BCUT2D eigenvalue weighted by Crippen LogP contribution is -2.47. The van der Waals surface area contributed by atoms with Crippen LogP contribution in [0.1, 0.15) is 48.9 Å². The van der Waals surface area contributed by atoms with E-state index < -0.39 is 0 Å². The molecule has 1 saturated heterocycles. The molecule has 1 N–H and O–H groups in total. The highest BCUT2D eigenvalue weighted by atomic mass is 19.1. The number of allylic oxidation sites excluding steroid dienone is 1. The summed E-state index contributed by atoms with van der Waals surface area (Å²) in [5, 5.41) is 1.05. The van der Waals surface area contributed by atoms with Gasteiger partial charge in [-0.05, 0) is 107 Å². The smallest absolute Gasteiger partial charge is 0.123 e.